The Morgan fingerprint density at radius 1 is 1.33 bits per heavy atom. The van der Waals surface area contributed by atoms with Crippen LogP contribution in [0.5, 0.6) is 0 Å². The molecule has 6 atom stereocenters. The Morgan fingerprint density at radius 3 is 2.44 bits per heavy atom. The highest BCUT2D eigenvalue weighted by molar-refractivity contribution is 5.80. The van der Waals surface area contributed by atoms with Crippen molar-refractivity contribution in [1.82, 2.24) is 4.90 Å². The molecule has 0 aliphatic carbocycles. The monoisotopic (exact) mass is 254 g/mol. The number of carbonyl (C=O) groups is 1. The van der Waals surface area contributed by atoms with Gasteiger partial charge >= 0.3 is 0 Å². The molecule has 2 heterocycles. The number of nitrogens with two attached hydrogens (primary N) is 1. The van der Waals surface area contributed by atoms with Gasteiger partial charge in [-0.2, -0.15) is 0 Å². The van der Waals surface area contributed by atoms with Gasteiger partial charge in [0.05, 0.1) is 18.1 Å². The van der Waals surface area contributed by atoms with E-state index in [1.54, 1.807) is 0 Å². The van der Waals surface area contributed by atoms with E-state index in [1.807, 2.05) is 18.7 Å². The number of likely N-dealkylation sites (tertiary alicyclic amines) is 1. The molecule has 0 spiro atoms. The molecule has 2 aliphatic rings. The van der Waals surface area contributed by atoms with Gasteiger partial charge in [-0.05, 0) is 39.0 Å². The van der Waals surface area contributed by atoms with E-state index < -0.39 is 0 Å². The lowest BCUT2D eigenvalue weighted by molar-refractivity contribution is -0.137. The molecule has 4 heteroatoms. The van der Waals surface area contributed by atoms with E-state index in [9.17, 15) is 4.79 Å². The molecule has 1 amide bonds. The van der Waals surface area contributed by atoms with Crippen LogP contribution < -0.4 is 5.73 Å². The van der Waals surface area contributed by atoms with Crippen molar-refractivity contribution in [2.45, 2.75) is 52.4 Å². The fourth-order valence-corrected chi connectivity index (χ4v) is 3.32. The summed E-state index contributed by atoms with van der Waals surface area (Å²) in [6.45, 7) is 9.90. The minimum atomic E-state index is 0.0202. The van der Waals surface area contributed by atoms with Crippen molar-refractivity contribution in [3.05, 3.63) is 0 Å². The van der Waals surface area contributed by atoms with Crippen molar-refractivity contribution >= 4 is 5.91 Å². The largest absolute Gasteiger partial charge is 0.374 e. The number of nitrogens with zero attached hydrogens (tertiary/aromatic N) is 1. The van der Waals surface area contributed by atoms with Crippen LogP contribution >= 0.6 is 0 Å². The zero-order chi connectivity index (χ0) is 13.4. The molecule has 2 fully saturated rings. The molecule has 0 aromatic heterocycles. The highest BCUT2D eigenvalue weighted by Gasteiger charge is 2.44. The highest BCUT2D eigenvalue weighted by atomic mass is 16.5. The molecule has 104 valence electrons. The molecule has 0 saturated carbocycles. The molecule has 4 nitrogen and oxygen atoms in total. The van der Waals surface area contributed by atoms with Gasteiger partial charge in [0.2, 0.25) is 5.91 Å². The molecule has 0 bridgehead atoms. The SMILES string of the molecule is CC(N)C1CCN(C(=O)C2C(C)OC(C)C2C)C1. The Bertz CT molecular complexity index is 319. The molecule has 2 N–H and O–H groups in total. The van der Waals surface area contributed by atoms with Crippen LogP contribution in [-0.4, -0.2) is 42.1 Å². The third-order valence-corrected chi connectivity index (χ3v) is 4.81. The van der Waals surface area contributed by atoms with Crippen molar-refractivity contribution in [1.29, 1.82) is 0 Å². The van der Waals surface area contributed by atoms with Gasteiger partial charge in [0.25, 0.3) is 0 Å². The minimum absolute atomic E-state index is 0.0202. The fraction of sp³-hybridized carbons (Fsp3) is 0.929. The van der Waals surface area contributed by atoms with Crippen LogP contribution in [0.1, 0.15) is 34.1 Å². The maximum atomic E-state index is 12.6. The van der Waals surface area contributed by atoms with Crippen LogP contribution in [-0.2, 0) is 9.53 Å². The van der Waals surface area contributed by atoms with E-state index >= 15 is 0 Å². The van der Waals surface area contributed by atoms with Crippen molar-refractivity contribution < 1.29 is 9.53 Å². The standard InChI is InChI=1S/C14H26N2O2/c1-8-10(3)18-11(4)13(8)14(17)16-6-5-12(7-16)9(2)15/h8-13H,5-7,15H2,1-4H3. The number of hydrogen-bond donors (Lipinski definition) is 1. The molecule has 0 radical (unpaired) electrons. The average Bonchev–Trinajstić information content (AvgIpc) is 2.85. The third kappa shape index (κ3) is 2.41. The lowest BCUT2D eigenvalue weighted by Crippen LogP contribution is -2.40. The Kier molecular flexibility index (Phi) is 3.97. The van der Waals surface area contributed by atoms with E-state index in [-0.39, 0.29) is 30.1 Å². The quantitative estimate of drug-likeness (QED) is 0.806. The Labute approximate surface area is 110 Å². The topological polar surface area (TPSA) is 55.6 Å². The molecule has 18 heavy (non-hydrogen) atoms. The fourth-order valence-electron chi connectivity index (χ4n) is 3.32. The van der Waals surface area contributed by atoms with Gasteiger partial charge in [-0.3, -0.25) is 4.79 Å². The molecule has 2 aliphatic heterocycles. The second-order valence-corrected chi connectivity index (χ2v) is 6.12. The van der Waals surface area contributed by atoms with Crippen molar-refractivity contribution in [3.63, 3.8) is 0 Å². The number of ether oxygens (including phenoxy) is 1. The molecular weight excluding hydrogens is 228 g/mol. The first-order valence-corrected chi connectivity index (χ1v) is 7.11. The molecule has 6 unspecified atom stereocenters. The summed E-state index contributed by atoms with van der Waals surface area (Å²) >= 11 is 0. The summed E-state index contributed by atoms with van der Waals surface area (Å²) in [4.78, 5) is 14.6. The Balaban J connectivity index is 2.00. The van der Waals surface area contributed by atoms with E-state index in [0.29, 0.717) is 11.8 Å². The first-order chi connectivity index (χ1) is 8.41. The maximum absolute atomic E-state index is 12.6. The van der Waals surface area contributed by atoms with Gasteiger partial charge in [-0.1, -0.05) is 6.92 Å². The third-order valence-electron chi connectivity index (χ3n) is 4.81. The summed E-state index contributed by atoms with van der Waals surface area (Å²) in [6, 6.07) is 0.177. The van der Waals surface area contributed by atoms with Crippen LogP contribution in [0.3, 0.4) is 0 Å². The zero-order valence-corrected chi connectivity index (χ0v) is 11.9. The highest BCUT2D eigenvalue weighted by Crippen LogP contribution is 2.34. The molecule has 2 rings (SSSR count). The van der Waals surface area contributed by atoms with Crippen LogP contribution in [0.2, 0.25) is 0 Å². The van der Waals surface area contributed by atoms with Gasteiger partial charge < -0.3 is 15.4 Å². The summed E-state index contributed by atoms with van der Waals surface area (Å²) in [7, 11) is 0. The predicted molar refractivity (Wildman–Crippen MR) is 71.0 cm³/mol. The van der Waals surface area contributed by atoms with Crippen LogP contribution in [0.15, 0.2) is 0 Å². The minimum Gasteiger partial charge on any atom is -0.374 e. The summed E-state index contributed by atoms with van der Waals surface area (Å²) in [5.74, 6) is 1.05. The first-order valence-electron chi connectivity index (χ1n) is 7.11. The van der Waals surface area contributed by atoms with Crippen molar-refractivity contribution in [2.24, 2.45) is 23.5 Å². The van der Waals surface area contributed by atoms with E-state index in [1.165, 1.54) is 0 Å². The number of hydrogen-bond acceptors (Lipinski definition) is 3. The Hall–Kier alpha value is -0.610. The smallest absolute Gasteiger partial charge is 0.228 e. The maximum Gasteiger partial charge on any atom is 0.228 e. The van der Waals surface area contributed by atoms with Crippen LogP contribution in [0.4, 0.5) is 0 Å². The van der Waals surface area contributed by atoms with Gasteiger partial charge in [0, 0.05) is 19.1 Å². The van der Waals surface area contributed by atoms with Crippen molar-refractivity contribution in [2.75, 3.05) is 13.1 Å². The first kappa shape index (κ1) is 13.8. The van der Waals surface area contributed by atoms with Gasteiger partial charge in [-0.25, -0.2) is 0 Å². The second-order valence-electron chi connectivity index (χ2n) is 6.12. The number of amides is 1. The predicted octanol–water partition coefficient (Wildman–Crippen LogP) is 1.24. The second kappa shape index (κ2) is 5.17. The summed E-state index contributed by atoms with van der Waals surface area (Å²) < 4.78 is 5.77. The van der Waals surface area contributed by atoms with E-state index in [2.05, 4.69) is 13.8 Å². The number of carbonyl (C=O) groups excluding carboxylic acids is 1. The summed E-state index contributed by atoms with van der Waals surface area (Å²) in [5.41, 5.74) is 5.93. The van der Waals surface area contributed by atoms with E-state index in [0.717, 1.165) is 19.5 Å². The Morgan fingerprint density at radius 2 is 2.00 bits per heavy atom. The molecule has 0 aromatic carbocycles. The lowest BCUT2D eigenvalue weighted by atomic mass is 9.88. The van der Waals surface area contributed by atoms with Crippen molar-refractivity contribution in [3.8, 4) is 0 Å². The average molecular weight is 254 g/mol. The van der Waals surface area contributed by atoms with Gasteiger partial charge in [0.1, 0.15) is 0 Å². The van der Waals surface area contributed by atoms with Gasteiger partial charge in [0.15, 0.2) is 0 Å². The summed E-state index contributed by atoms with van der Waals surface area (Å²) in [5, 5.41) is 0. The zero-order valence-electron chi connectivity index (χ0n) is 11.9. The van der Waals surface area contributed by atoms with Crippen LogP contribution in [0, 0.1) is 17.8 Å². The van der Waals surface area contributed by atoms with E-state index in [4.69, 9.17) is 10.5 Å². The molecule has 2 saturated heterocycles. The summed E-state index contributed by atoms with van der Waals surface area (Å²) in [6.07, 6.45) is 1.26. The molecular formula is C14H26N2O2. The number of rotatable bonds is 2. The lowest BCUT2D eigenvalue weighted by Gasteiger charge is -2.25. The van der Waals surface area contributed by atoms with Crippen LogP contribution in [0.25, 0.3) is 0 Å². The van der Waals surface area contributed by atoms with Gasteiger partial charge in [-0.15, -0.1) is 0 Å². The molecule has 0 aromatic rings. The normalized spacial score (nSPS) is 42.3.